The molecule has 0 aromatic heterocycles. The molecule has 2 rings (SSSR count). The van der Waals surface area contributed by atoms with Crippen LogP contribution in [-0.4, -0.2) is 0 Å². The molecule has 0 spiro atoms. The van der Waals surface area contributed by atoms with Crippen LogP contribution in [0.5, 0.6) is 0 Å². The number of nitrogens with one attached hydrogen (secondary N) is 1. The second-order valence-electron chi connectivity index (χ2n) is 4.34. The van der Waals surface area contributed by atoms with E-state index in [2.05, 4.69) is 17.5 Å². The fraction of sp³-hybridized carbons (Fsp3) is 0.125. The number of nitriles is 2. The molecule has 0 fully saturated rings. The molecule has 2 aromatic carbocycles. The predicted molar refractivity (Wildman–Crippen MR) is 75.1 cm³/mol. The molecular weight excluding hydrogens is 234 g/mol. The third-order valence-electron chi connectivity index (χ3n) is 3.04. The van der Waals surface area contributed by atoms with Gasteiger partial charge in [-0.3, -0.25) is 0 Å². The second-order valence-corrected chi connectivity index (χ2v) is 4.34. The number of benzene rings is 2. The van der Waals surface area contributed by atoms with Gasteiger partial charge in [-0.05, 0) is 37.1 Å². The zero-order valence-electron chi connectivity index (χ0n) is 10.9. The molecule has 0 aliphatic heterocycles. The van der Waals surface area contributed by atoms with Crippen LogP contribution >= 0.6 is 0 Å². The fourth-order valence-electron chi connectivity index (χ4n) is 1.98. The highest BCUT2D eigenvalue weighted by Gasteiger charge is 2.09. The first kappa shape index (κ1) is 12.7. The van der Waals surface area contributed by atoms with Gasteiger partial charge < -0.3 is 5.32 Å². The van der Waals surface area contributed by atoms with E-state index in [1.165, 1.54) is 0 Å². The summed E-state index contributed by atoms with van der Waals surface area (Å²) in [6, 6.07) is 15.5. The summed E-state index contributed by atoms with van der Waals surface area (Å²) in [7, 11) is 0. The summed E-state index contributed by atoms with van der Waals surface area (Å²) in [5.41, 5.74) is 4.56. The molecule has 0 heterocycles. The van der Waals surface area contributed by atoms with Gasteiger partial charge in [-0.15, -0.1) is 0 Å². The van der Waals surface area contributed by atoms with Crippen LogP contribution in [0.3, 0.4) is 0 Å². The summed E-state index contributed by atoms with van der Waals surface area (Å²) in [5.74, 6) is 0. The number of hydrogen-bond acceptors (Lipinski definition) is 3. The zero-order valence-corrected chi connectivity index (χ0v) is 10.9. The fourth-order valence-corrected chi connectivity index (χ4v) is 1.98. The quantitative estimate of drug-likeness (QED) is 0.878. The highest BCUT2D eigenvalue weighted by Crippen LogP contribution is 2.27. The first-order valence-electron chi connectivity index (χ1n) is 5.94. The monoisotopic (exact) mass is 247 g/mol. The summed E-state index contributed by atoms with van der Waals surface area (Å²) < 4.78 is 0. The van der Waals surface area contributed by atoms with Crippen LogP contribution in [0.2, 0.25) is 0 Å². The minimum absolute atomic E-state index is 0.574. The first-order chi connectivity index (χ1) is 9.17. The number of para-hydroxylation sites is 1. The molecule has 0 unspecified atom stereocenters. The highest BCUT2D eigenvalue weighted by molar-refractivity contribution is 5.74. The van der Waals surface area contributed by atoms with Gasteiger partial charge in [-0.1, -0.05) is 24.3 Å². The molecule has 0 atom stereocenters. The molecule has 1 N–H and O–H groups in total. The van der Waals surface area contributed by atoms with Crippen LogP contribution < -0.4 is 5.32 Å². The number of hydrogen-bond donors (Lipinski definition) is 1. The molecule has 92 valence electrons. The maximum atomic E-state index is 9.22. The van der Waals surface area contributed by atoms with Crippen molar-refractivity contribution in [3.63, 3.8) is 0 Å². The maximum absolute atomic E-state index is 9.22. The van der Waals surface area contributed by atoms with Crippen molar-refractivity contribution in [3.05, 3.63) is 58.7 Å². The zero-order chi connectivity index (χ0) is 13.8. The van der Waals surface area contributed by atoms with Crippen LogP contribution in [0.25, 0.3) is 0 Å². The smallest absolute Gasteiger partial charge is 0.102 e. The molecule has 0 saturated heterocycles. The minimum Gasteiger partial charge on any atom is -0.353 e. The number of rotatable bonds is 2. The molecule has 19 heavy (non-hydrogen) atoms. The first-order valence-corrected chi connectivity index (χ1v) is 5.94. The summed E-state index contributed by atoms with van der Waals surface area (Å²) >= 11 is 0. The Morgan fingerprint density at radius 2 is 1.58 bits per heavy atom. The Labute approximate surface area is 112 Å². The van der Waals surface area contributed by atoms with Gasteiger partial charge in [0.05, 0.1) is 22.5 Å². The molecule has 0 radical (unpaired) electrons. The molecule has 3 nitrogen and oxygen atoms in total. The van der Waals surface area contributed by atoms with Gasteiger partial charge in [0.2, 0.25) is 0 Å². The molecular formula is C16H13N3. The Morgan fingerprint density at radius 1 is 0.895 bits per heavy atom. The minimum atomic E-state index is 0.574. The van der Waals surface area contributed by atoms with Crippen molar-refractivity contribution >= 4 is 11.4 Å². The van der Waals surface area contributed by atoms with Crippen molar-refractivity contribution in [2.45, 2.75) is 13.8 Å². The van der Waals surface area contributed by atoms with Crippen molar-refractivity contribution in [2.75, 3.05) is 5.32 Å². The maximum Gasteiger partial charge on any atom is 0.102 e. The Hall–Kier alpha value is -2.78. The van der Waals surface area contributed by atoms with E-state index in [1.807, 2.05) is 44.2 Å². The van der Waals surface area contributed by atoms with Crippen molar-refractivity contribution in [3.8, 4) is 12.1 Å². The Bertz CT molecular complexity index is 703. The largest absolute Gasteiger partial charge is 0.353 e. The van der Waals surface area contributed by atoms with Crippen LogP contribution in [0.1, 0.15) is 22.3 Å². The number of aryl methyl sites for hydroxylation is 2. The molecule has 0 amide bonds. The van der Waals surface area contributed by atoms with Crippen molar-refractivity contribution in [1.29, 1.82) is 10.5 Å². The van der Waals surface area contributed by atoms with E-state index in [4.69, 9.17) is 5.26 Å². The molecule has 0 aliphatic rings. The molecule has 0 aliphatic carbocycles. The van der Waals surface area contributed by atoms with E-state index < -0.39 is 0 Å². The third kappa shape index (κ3) is 2.41. The van der Waals surface area contributed by atoms with Crippen molar-refractivity contribution in [1.82, 2.24) is 0 Å². The number of anilines is 2. The Morgan fingerprint density at radius 3 is 2.26 bits per heavy atom. The van der Waals surface area contributed by atoms with E-state index in [1.54, 1.807) is 6.07 Å². The average Bonchev–Trinajstić information content (AvgIpc) is 2.41. The van der Waals surface area contributed by atoms with Gasteiger partial charge in [-0.25, -0.2) is 0 Å². The van der Waals surface area contributed by atoms with E-state index in [0.717, 1.165) is 22.5 Å². The van der Waals surface area contributed by atoms with Gasteiger partial charge in [0.25, 0.3) is 0 Å². The Balaban J connectivity index is 2.52. The molecule has 0 saturated carbocycles. The van der Waals surface area contributed by atoms with E-state index >= 15 is 0 Å². The van der Waals surface area contributed by atoms with Gasteiger partial charge in [0.15, 0.2) is 0 Å². The van der Waals surface area contributed by atoms with Gasteiger partial charge in [0.1, 0.15) is 12.1 Å². The lowest BCUT2D eigenvalue weighted by Gasteiger charge is -2.13. The topological polar surface area (TPSA) is 59.6 Å². The predicted octanol–water partition coefficient (Wildman–Crippen LogP) is 3.79. The van der Waals surface area contributed by atoms with Gasteiger partial charge >= 0.3 is 0 Å². The summed E-state index contributed by atoms with van der Waals surface area (Å²) in [4.78, 5) is 0. The van der Waals surface area contributed by atoms with E-state index in [0.29, 0.717) is 11.1 Å². The lowest BCUT2D eigenvalue weighted by atomic mass is 10.1. The standard InChI is InChI=1S/C16H13N3/c1-11-5-4-8-15(14(11)10-18)19-16-12(2)6-3-7-13(16)9-17/h3-8,19H,1-2H3. The average molecular weight is 247 g/mol. The van der Waals surface area contributed by atoms with Crippen LogP contribution in [0.4, 0.5) is 11.4 Å². The number of nitrogens with zero attached hydrogens (tertiary/aromatic N) is 2. The second kappa shape index (κ2) is 5.25. The normalized spacial score (nSPS) is 9.47. The summed E-state index contributed by atoms with van der Waals surface area (Å²) in [6.07, 6.45) is 0. The van der Waals surface area contributed by atoms with Crippen LogP contribution in [0, 0.1) is 36.5 Å². The van der Waals surface area contributed by atoms with Crippen molar-refractivity contribution in [2.24, 2.45) is 0 Å². The van der Waals surface area contributed by atoms with E-state index in [9.17, 15) is 5.26 Å². The SMILES string of the molecule is Cc1cccc(Nc2c(C)cccc2C#N)c1C#N. The molecule has 2 aromatic rings. The van der Waals surface area contributed by atoms with Crippen LogP contribution in [-0.2, 0) is 0 Å². The van der Waals surface area contributed by atoms with Crippen molar-refractivity contribution < 1.29 is 0 Å². The van der Waals surface area contributed by atoms with E-state index in [-0.39, 0.29) is 0 Å². The lowest BCUT2D eigenvalue weighted by Crippen LogP contribution is -1.99. The molecule has 3 heteroatoms. The third-order valence-corrected chi connectivity index (χ3v) is 3.04. The Kier molecular flexibility index (Phi) is 3.50. The summed E-state index contributed by atoms with van der Waals surface area (Å²) in [5, 5.41) is 21.6. The van der Waals surface area contributed by atoms with Gasteiger partial charge in [0, 0.05) is 0 Å². The molecule has 0 bridgehead atoms. The van der Waals surface area contributed by atoms with Crippen LogP contribution in [0.15, 0.2) is 36.4 Å². The summed E-state index contributed by atoms with van der Waals surface area (Å²) in [6.45, 7) is 3.83. The highest BCUT2D eigenvalue weighted by atomic mass is 14.9. The lowest BCUT2D eigenvalue weighted by molar-refractivity contribution is 1.35. The van der Waals surface area contributed by atoms with Gasteiger partial charge in [-0.2, -0.15) is 10.5 Å².